The molecule has 22 heavy (non-hydrogen) atoms. The van der Waals surface area contributed by atoms with Crippen molar-refractivity contribution in [2.75, 3.05) is 12.1 Å². The predicted molar refractivity (Wildman–Crippen MR) is 85.7 cm³/mol. The zero-order valence-electron chi connectivity index (χ0n) is 13.1. The first-order valence-corrected chi connectivity index (χ1v) is 8.42. The van der Waals surface area contributed by atoms with E-state index in [1.807, 2.05) is 20.8 Å². The summed E-state index contributed by atoms with van der Waals surface area (Å²) in [6.07, 6.45) is 1.17. The Labute approximate surface area is 138 Å². The number of carbonyl (C=O) groups is 1. The number of alkyl halides is 1. The lowest BCUT2D eigenvalue weighted by molar-refractivity contribution is 0.0222. The van der Waals surface area contributed by atoms with Gasteiger partial charge in [-0.3, -0.25) is 0 Å². The second-order valence-electron chi connectivity index (χ2n) is 6.27. The van der Waals surface area contributed by atoms with E-state index in [0.29, 0.717) is 23.4 Å². The molecule has 0 N–H and O–H groups in total. The van der Waals surface area contributed by atoms with Crippen LogP contribution in [0, 0.1) is 5.82 Å². The van der Waals surface area contributed by atoms with Crippen LogP contribution >= 0.6 is 15.9 Å². The van der Waals surface area contributed by atoms with E-state index in [1.165, 1.54) is 6.07 Å². The molecule has 1 amide bonds. The Morgan fingerprint density at radius 2 is 2.18 bits per heavy atom. The van der Waals surface area contributed by atoms with Crippen LogP contribution in [0.5, 0.6) is 5.75 Å². The summed E-state index contributed by atoms with van der Waals surface area (Å²) in [4.78, 5) is 13.9. The van der Waals surface area contributed by atoms with Crippen LogP contribution in [0.3, 0.4) is 0 Å². The third-order valence-electron chi connectivity index (χ3n) is 3.43. The molecular weight excluding hydrogens is 353 g/mol. The Bertz CT molecular complexity index is 545. The van der Waals surface area contributed by atoms with Crippen LogP contribution in [-0.4, -0.2) is 28.7 Å². The van der Waals surface area contributed by atoms with Gasteiger partial charge < -0.3 is 14.4 Å². The summed E-state index contributed by atoms with van der Waals surface area (Å²) in [7, 11) is 0. The summed E-state index contributed by atoms with van der Waals surface area (Å²) in [5, 5.41) is 0. The minimum absolute atomic E-state index is 0.284. The number of nitrogens with zero attached hydrogens (tertiary/aromatic N) is 1. The van der Waals surface area contributed by atoms with Crippen LogP contribution in [-0.2, 0) is 4.74 Å². The number of rotatable bonds is 3. The highest BCUT2D eigenvalue weighted by Crippen LogP contribution is 2.35. The largest absolute Gasteiger partial charge is 0.482 e. The Morgan fingerprint density at radius 3 is 2.77 bits per heavy atom. The van der Waals surface area contributed by atoms with E-state index in [4.69, 9.17) is 9.47 Å². The third kappa shape index (κ3) is 4.12. The number of benzene rings is 1. The molecule has 1 unspecified atom stereocenters. The van der Waals surface area contributed by atoms with Gasteiger partial charge in [-0.2, -0.15) is 0 Å². The molecule has 0 aliphatic carbocycles. The van der Waals surface area contributed by atoms with Gasteiger partial charge in [0.2, 0.25) is 0 Å². The Kier molecular flexibility index (Phi) is 5.32. The van der Waals surface area contributed by atoms with Crippen molar-refractivity contribution in [1.82, 2.24) is 4.90 Å². The highest BCUT2D eigenvalue weighted by atomic mass is 79.9. The van der Waals surface area contributed by atoms with Gasteiger partial charge in [0, 0.05) is 18.2 Å². The van der Waals surface area contributed by atoms with Gasteiger partial charge in [0.05, 0.1) is 6.04 Å². The number of carbonyl (C=O) groups excluding carboxylic acids is 1. The molecule has 1 aromatic carbocycles. The molecule has 1 fully saturated rings. The van der Waals surface area contributed by atoms with Crippen LogP contribution in [0.25, 0.3) is 0 Å². The lowest BCUT2D eigenvalue weighted by Gasteiger charge is -2.29. The fourth-order valence-corrected chi connectivity index (χ4v) is 2.82. The van der Waals surface area contributed by atoms with Gasteiger partial charge in [0.15, 0.2) is 0 Å². The maximum Gasteiger partial charge on any atom is 0.410 e. The Hall–Kier alpha value is -1.30. The van der Waals surface area contributed by atoms with Crippen LogP contribution in [0.15, 0.2) is 18.2 Å². The van der Waals surface area contributed by atoms with Gasteiger partial charge >= 0.3 is 6.09 Å². The molecule has 4 nitrogen and oxygen atoms in total. The summed E-state index contributed by atoms with van der Waals surface area (Å²) in [6.45, 7) is 6.05. The maximum atomic E-state index is 14.3. The summed E-state index contributed by atoms with van der Waals surface area (Å²) in [5.41, 5.74) is 0.251. The summed E-state index contributed by atoms with van der Waals surface area (Å²) >= 11 is 3.14. The predicted octanol–water partition coefficient (Wildman–Crippen LogP) is 4.63. The summed E-state index contributed by atoms with van der Waals surface area (Å²) < 4.78 is 25.0. The first kappa shape index (κ1) is 17.1. The number of amides is 1. The van der Waals surface area contributed by atoms with Gasteiger partial charge in [-0.05, 0) is 55.6 Å². The number of hydrogen-bond donors (Lipinski definition) is 0. The average molecular weight is 374 g/mol. The zero-order valence-corrected chi connectivity index (χ0v) is 14.7. The summed E-state index contributed by atoms with van der Waals surface area (Å²) in [6, 6.07) is 4.46. The SMILES string of the molecule is CC(C)(C)OC(=O)N1CCCC1c1ccc(OCBr)cc1F. The lowest BCUT2D eigenvalue weighted by Crippen LogP contribution is -2.36. The highest BCUT2D eigenvalue weighted by Gasteiger charge is 2.34. The molecule has 6 heteroatoms. The molecular formula is C16H21BrFNO3. The molecule has 2 rings (SSSR count). The number of halogens is 2. The second kappa shape index (κ2) is 6.86. The first-order valence-electron chi connectivity index (χ1n) is 7.29. The van der Waals surface area contributed by atoms with Crippen molar-refractivity contribution in [1.29, 1.82) is 0 Å². The van der Waals surface area contributed by atoms with E-state index < -0.39 is 11.7 Å². The molecule has 122 valence electrons. The lowest BCUT2D eigenvalue weighted by atomic mass is 10.0. The normalized spacial score (nSPS) is 18.4. The Morgan fingerprint density at radius 1 is 1.45 bits per heavy atom. The van der Waals surface area contributed by atoms with Crippen molar-refractivity contribution in [3.05, 3.63) is 29.6 Å². The fraction of sp³-hybridized carbons (Fsp3) is 0.562. The standard InChI is InChI=1S/C16H21BrFNO3/c1-16(2,3)22-15(20)19-8-4-5-14(19)12-7-6-11(21-10-17)9-13(12)18/h6-7,9,14H,4-5,8,10H2,1-3H3. The molecule has 1 saturated heterocycles. The van der Waals surface area contributed by atoms with E-state index in [9.17, 15) is 9.18 Å². The number of ether oxygens (including phenoxy) is 2. The summed E-state index contributed by atoms with van der Waals surface area (Å²) in [5.74, 6) is 0.0962. The van der Waals surface area contributed by atoms with Crippen molar-refractivity contribution in [3.63, 3.8) is 0 Å². The first-order chi connectivity index (χ1) is 10.3. The monoisotopic (exact) mass is 373 g/mol. The van der Waals surface area contributed by atoms with Crippen LogP contribution < -0.4 is 4.74 Å². The number of hydrogen-bond acceptors (Lipinski definition) is 3. The second-order valence-corrected chi connectivity index (χ2v) is 6.73. The minimum atomic E-state index is -0.559. The zero-order chi connectivity index (χ0) is 16.3. The number of likely N-dealkylation sites (tertiary alicyclic amines) is 1. The van der Waals surface area contributed by atoms with Crippen molar-refractivity contribution in [2.24, 2.45) is 0 Å². The molecule has 1 aliphatic rings. The molecule has 1 aromatic rings. The van der Waals surface area contributed by atoms with Gasteiger partial charge in [-0.1, -0.05) is 6.07 Å². The molecule has 0 bridgehead atoms. The minimum Gasteiger partial charge on any atom is -0.482 e. The van der Waals surface area contributed by atoms with Crippen LogP contribution in [0.2, 0.25) is 0 Å². The Balaban J connectivity index is 2.18. The fourth-order valence-electron chi connectivity index (χ4n) is 2.56. The quantitative estimate of drug-likeness (QED) is 0.725. The molecule has 0 aromatic heterocycles. The third-order valence-corrected chi connectivity index (χ3v) is 3.66. The van der Waals surface area contributed by atoms with Gasteiger partial charge in [0.25, 0.3) is 0 Å². The van der Waals surface area contributed by atoms with Crippen molar-refractivity contribution in [2.45, 2.75) is 45.3 Å². The molecule has 1 atom stereocenters. The van der Waals surface area contributed by atoms with E-state index in [1.54, 1.807) is 17.0 Å². The smallest absolute Gasteiger partial charge is 0.410 e. The topological polar surface area (TPSA) is 38.8 Å². The van der Waals surface area contributed by atoms with Crippen LogP contribution in [0.4, 0.5) is 9.18 Å². The molecule has 0 radical (unpaired) electrons. The van der Waals surface area contributed by atoms with Gasteiger partial charge in [-0.15, -0.1) is 0 Å². The van der Waals surface area contributed by atoms with E-state index >= 15 is 0 Å². The van der Waals surface area contributed by atoms with Gasteiger partial charge in [-0.25, -0.2) is 9.18 Å². The van der Waals surface area contributed by atoms with E-state index in [-0.39, 0.29) is 11.9 Å². The van der Waals surface area contributed by atoms with Crippen molar-refractivity contribution in [3.8, 4) is 5.75 Å². The van der Waals surface area contributed by atoms with Crippen LogP contribution in [0.1, 0.15) is 45.2 Å². The van der Waals surface area contributed by atoms with Crippen molar-refractivity contribution < 1.29 is 18.7 Å². The molecule has 0 spiro atoms. The molecule has 1 aliphatic heterocycles. The highest BCUT2D eigenvalue weighted by molar-refractivity contribution is 9.09. The van der Waals surface area contributed by atoms with Gasteiger partial charge in [0.1, 0.15) is 22.7 Å². The van der Waals surface area contributed by atoms with Crippen molar-refractivity contribution >= 4 is 22.0 Å². The van der Waals surface area contributed by atoms with E-state index in [2.05, 4.69) is 15.9 Å². The average Bonchev–Trinajstić information content (AvgIpc) is 2.86. The maximum absolute atomic E-state index is 14.3. The molecule has 0 saturated carbocycles. The molecule has 1 heterocycles. The van der Waals surface area contributed by atoms with E-state index in [0.717, 1.165) is 12.8 Å².